The summed E-state index contributed by atoms with van der Waals surface area (Å²) in [6.07, 6.45) is 1.69. The lowest BCUT2D eigenvalue weighted by molar-refractivity contribution is 0.284. The Balaban J connectivity index is 1.56. The first-order valence-corrected chi connectivity index (χ1v) is 9.81. The maximum absolute atomic E-state index is 6.08. The summed E-state index contributed by atoms with van der Waals surface area (Å²) in [7, 11) is 3.36. The maximum Gasteiger partial charge on any atom is 0.161 e. The fourth-order valence-corrected chi connectivity index (χ4v) is 3.57. The van der Waals surface area contributed by atoms with Crippen molar-refractivity contribution < 1.29 is 14.2 Å². The van der Waals surface area contributed by atoms with Gasteiger partial charge < -0.3 is 14.2 Å². The van der Waals surface area contributed by atoms with Crippen LogP contribution in [0.5, 0.6) is 17.2 Å². The molecule has 3 aromatic carbocycles. The van der Waals surface area contributed by atoms with E-state index >= 15 is 0 Å². The van der Waals surface area contributed by atoms with E-state index in [1.165, 1.54) is 11.1 Å². The molecular formula is C25H25NO3. The molecule has 4 rings (SSSR count). The normalized spacial score (nSPS) is 12.7. The summed E-state index contributed by atoms with van der Waals surface area (Å²) >= 11 is 0. The van der Waals surface area contributed by atoms with Gasteiger partial charge in [0.25, 0.3) is 0 Å². The number of hydrogen-bond acceptors (Lipinski definition) is 4. The van der Waals surface area contributed by atoms with E-state index in [2.05, 4.69) is 36.4 Å². The highest BCUT2D eigenvalue weighted by Crippen LogP contribution is 2.34. The molecule has 4 heteroatoms. The third-order valence-corrected chi connectivity index (χ3v) is 5.15. The number of fused-ring (bicyclic) bond motifs is 1. The SMILES string of the molecule is COc1ccc(CC2=NCCc3cc(OCc4ccccc4)c(OC)cc32)cc1. The fourth-order valence-electron chi connectivity index (χ4n) is 3.57. The predicted molar refractivity (Wildman–Crippen MR) is 116 cm³/mol. The fraction of sp³-hybridized carbons (Fsp3) is 0.240. The molecule has 0 aliphatic carbocycles. The predicted octanol–water partition coefficient (Wildman–Crippen LogP) is 4.87. The van der Waals surface area contributed by atoms with Crippen LogP contribution in [-0.2, 0) is 19.4 Å². The zero-order valence-corrected chi connectivity index (χ0v) is 16.9. The molecule has 3 aromatic rings. The molecule has 0 aromatic heterocycles. The average molecular weight is 387 g/mol. The van der Waals surface area contributed by atoms with E-state index < -0.39 is 0 Å². The van der Waals surface area contributed by atoms with E-state index in [4.69, 9.17) is 19.2 Å². The highest BCUT2D eigenvalue weighted by Gasteiger charge is 2.19. The number of aliphatic imine (C=N–C) groups is 1. The van der Waals surface area contributed by atoms with Gasteiger partial charge >= 0.3 is 0 Å². The largest absolute Gasteiger partial charge is 0.497 e. The van der Waals surface area contributed by atoms with Crippen LogP contribution in [0.4, 0.5) is 0 Å². The molecule has 0 saturated carbocycles. The van der Waals surface area contributed by atoms with Crippen molar-refractivity contribution in [3.8, 4) is 17.2 Å². The summed E-state index contributed by atoms with van der Waals surface area (Å²) in [6.45, 7) is 1.31. The van der Waals surface area contributed by atoms with Crippen molar-refractivity contribution in [3.05, 3.63) is 89.0 Å². The first-order valence-electron chi connectivity index (χ1n) is 9.81. The lowest BCUT2D eigenvalue weighted by Crippen LogP contribution is -2.16. The van der Waals surface area contributed by atoms with Crippen LogP contribution in [0.3, 0.4) is 0 Å². The van der Waals surface area contributed by atoms with E-state index in [0.29, 0.717) is 6.61 Å². The van der Waals surface area contributed by atoms with Crippen LogP contribution in [-0.4, -0.2) is 26.5 Å². The van der Waals surface area contributed by atoms with Crippen LogP contribution in [0.1, 0.15) is 22.3 Å². The Labute approximate surface area is 171 Å². The lowest BCUT2D eigenvalue weighted by atomic mass is 9.93. The molecule has 1 heterocycles. The Morgan fingerprint density at radius 2 is 1.62 bits per heavy atom. The molecule has 0 spiro atoms. The van der Waals surface area contributed by atoms with Crippen molar-refractivity contribution in [1.82, 2.24) is 0 Å². The molecule has 0 amide bonds. The highest BCUT2D eigenvalue weighted by molar-refractivity contribution is 6.04. The summed E-state index contributed by atoms with van der Waals surface area (Å²) in [4.78, 5) is 4.80. The van der Waals surface area contributed by atoms with Gasteiger partial charge in [-0.15, -0.1) is 0 Å². The molecule has 0 bridgehead atoms. The van der Waals surface area contributed by atoms with Gasteiger partial charge in [-0.1, -0.05) is 42.5 Å². The van der Waals surface area contributed by atoms with E-state index in [0.717, 1.165) is 53.5 Å². The van der Waals surface area contributed by atoms with Gasteiger partial charge in [0.2, 0.25) is 0 Å². The summed E-state index contributed by atoms with van der Waals surface area (Å²) in [5, 5.41) is 0. The molecule has 1 aliphatic rings. The Kier molecular flexibility index (Phi) is 5.80. The van der Waals surface area contributed by atoms with Gasteiger partial charge in [-0.2, -0.15) is 0 Å². The van der Waals surface area contributed by atoms with Crippen molar-refractivity contribution in [3.63, 3.8) is 0 Å². The van der Waals surface area contributed by atoms with Gasteiger partial charge in [-0.3, -0.25) is 4.99 Å². The molecule has 148 valence electrons. The summed E-state index contributed by atoms with van der Waals surface area (Å²) < 4.78 is 17.0. The average Bonchev–Trinajstić information content (AvgIpc) is 2.78. The van der Waals surface area contributed by atoms with Crippen molar-refractivity contribution in [2.75, 3.05) is 20.8 Å². The van der Waals surface area contributed by atoms with Gasteiger partial charge in [-0.25, -0.2) is 0 Å². The molecule has 29 heavy (non-hydrogen) atoms. The van der Waals surface area contributed by atoms with E-state index in [1.807, 2.05) is 30.3 Å². The van der Waals surface area contributed by atoms with Gasteiger partial charge in [0.05, 0.1) is 14.2 Å². The van der Waals surface area contributed by atoms with Crippen LogP contribution in [0.15, 0.2) is 71.7 Å². The smallest absolute Gasteiger partial charge is 0.161 e. The molecular weight excluding hydrogens is 362 g/mol. The minimum Gasteiger partial charge on any atom is -0.497 e. The quantitative estimate of drug-likeness (QED) is 0.581. The van der Waals surface area contributed by atoms with Crippen molar-refractivity contribution in [2.45, 2.75) is 19.4 Å². The highest BCUT2D eigenvalue weighted by atomic mass is 16.5. The molecule has 1 aliphatic heterocycles. The van der Waals surface area contributed by atoms with Gasteiger partial charge in [-0.05, 0) is 47.4 Å². The molecule has 0 saturated heterocycles. The van der Waals surface area contributed by atoms with E-state index in [1.54, 1.807) is 14.2 Å². The van der Waals surface area contributed by atoms with Gasteiger partial charge in [0.15, 0.2) is 11.5 Å². The second-order valence-corrected chi connectivity index (χ2v) is 7.04. The van der Waals surface area contributed by atoms with Crippen LogP contribution >= 0.6 is 0 Å². The van der Waals surface area contributed by atoms with Gasteiger partial charge in [0, 0.05) is 24.2 Å². The Morgan fingerprint density at radius 3 is 2.34 bits per heavy atom. The summed E-state index contributed by atoms with van der Waals surface area (Å²) in [6, 6.07) is 22.5. The third-order valence-electron chi connectivity index (χ3n) is 5.15. The zero-order chi connectivity index (χ0) is 20.1. The van der Waals surface area contributed by atoms with Crippen molar-refractivity contribution in [2.24, 2.45) is 4.99 Å². The van der Waals surface area contributed by atoms with Crippen molar-refractivity contribution >= 4 is 5.71 Å². The number of ether oxygens (including phenoxy) is 3. The van der Waals surface area contributed by atoms with Crippen molar-refractivity contribution in [1.29, 1.82) is 0 Å². The first kappa shape index (κ1) is 19.1. The van der Waals surface area contributed by atoms with E-state index in [-0.39, 0.29) is 0 Å². The Bertz CT molecular complexity index is 995. The topological polar surface area (TPSA) is 40.0 Å². The van der Waals surface area contributed by atoms with Crippen LogP contribution in [0, 0.1) is 0 Å². The summed E-state index contributed by atoms with van der Waals surface area (Å²) in [5.41, 5.74) is 5.84. The number of nitrogens with zero attached hydrogens (tertiary/aromatic N) is 1. The second-order valence-electron chi connectivity index (χ2n) is 7.04. The van der Waals surface area contributed by atoms with E-state index in [9.17, 15) is 0 Å². The Morgan fingerprint density at radius 1 is 0.828 bits per heavy atom. The molecule has 0 unspecified atom stereocenters. The molecule has 0 radical (unpaired) electrons. The standard InChI is InChI=1S/C25H25NO3/c1-27-21-10-8-18(9-11-21)14-23-22-16-24(28-2)25(15-20(22)12-13-26-23)29-17-19-6-4-3-5-7-19/h3-11,15-16H,12-14,17H2,1-2H3. The number of hydrogen-bond donors (Lipinski definition) is 0. The van der Waals surface area contributed by atoms with Crippen LogP contribution < -0.4 is 14.2 Å². The minimum absolute atomic E-state index is 0.517. The zero-order valence-electron chi connectivity index (χ0n) is 16.9. The molecule has 0 atom stereocenters. The van der Waals surface area contributed by atoms with Gasteiger partial charge in [0.1, 0.15) is 12.4 Å². The monoisotopic (exact) mass is 387 g/mol. The van der Waals surface area contributed by atoms with Crippen LogP contribution in [0.2, 0.25) is 0 Å². The van der Waals surface area contributed by atoms with Crippen LogP contribution in [0.25, 0.3) is 0 Å². The molecule has 0 fully saturated rings. The minimum atomic E-state index is 0.517. The Hall–Kier alpha value is -3.27. The third kappa shape index (κ3) is 4.43. The lowest BCUT2D eigenvalue weighted by Gasteiger charge is -2.20. The molecule has 4 nitrogen and oxygen atoms in total. The second kappa shape index (κ2) is 8.82. The number of methoxy groups -OCH3 is 2. The molecule has 0 N–H and O–H groups in total. The number of benzene rings is 3. The first-order chi connectivity index (χ1) is 14.3. The number of rotatable bonds is 7. The maximum atomic E-state index is 6.08. The summed E-state index contributed by atoms with van der Waals surface area (Å²) in [5.74, 6) is 2.38.